The van der Waals surface area contributed by atoms with Crippen molar-refractivity contribution in [2.75, 3.05) is 5.43 Å². The third-order valence-corrected chi connectivity index (χ3v) is 3.40. The zero-order valence-corrected chi connectivity index (χ0v) is 12.2. The lowest BCUT2D eigenvalue weighted by Gasteiger charge is -2.10. The monoisotopic (exact) mass is 291 g/mol. The quantitative estimate of drug-likeness (QED) is 0.577. The summed E-state index contributed by atoms with van der Waals surface area (Å²) in [5, 5.41) is 4.73. The SMILES string of the molecule is CC(C)c1cc(C(=O)NCc2cscn2)cc(NN)n1. The van der Waals surface area contributed by atoms with Crippen molar-refractivity contribution in [3.05, 3.63) is 40.0 Å². The van der Waals surface area contributed by atoms with E-state index in [0.717, 1.165) is 11.4 Å². The Labute approximate surface area is 121 Å². The second-order valence-corrected chi connectivity index (χ2v) is 5.35. The van der Waals surface area contributed by atoms with Gasteiger partial charge in [-0.2, -0.15) is 0 Å². The zero-order chi connectivity index (χ0) is 14.5. The van der Waals surface area contributed by atoms with Gasteiger partial charge >= 0.3 is 0 Å². The van der Waals surface area contributed by atoms with Gasteiger partial charge in [0.05, 0.1) is 17.7 Å². The normalized spacial score (nSPS) is 10.6. The average molecular weight is 291 g/mol. The van der Waals surface area contributed by atoms with Gasteiger partial charge in [0.25, 0.3) is 5.91 Å². The molecule has 0 aliphatic heterocycles. The number of nitrogen functional groups attached to an aromatic ring is 1. The molecule has 106 valence electrons. The van der Waals surface area contributed by atoms with Crippen molar-refractivity contribution in [1.82, 2.24) is 15.3 Å². The van der Waals surface area contributed by atoms with Crippen LogP contribution in [-0.2, 0) is 6.54 Å². The molecule has 6 nitrogen and oxygen atoms in total. The highest BCUT2D eigenvalue weighted by molar-refractivity contribution is 7.07. The van der Waals surface area contributed by atoms with Crippen LogP contribution < -0.4 is 16.6 Å². The number of aromatic nitrogens is 2. The highest BCUT2D eigenvalue weighted by atomic mass is 32.1. The number of anilines is 1. The Balaban J connectivity index is 2.14. The minimum absolute atomic E-state index is 0.168. The topological polar surface area (TPSA) is 92.9 Å². The fourth-order valence-electron chi connectivity index (χ4n) is 1.65. The number of hydrogen-bond acceptors (Lipinski definition) is 6. The molecule has 0 unspecified atom stereocenters. The van der Waals surface area contributed by atoms with Gasteiger partial charge in [0.1, 0.15) is 5.82 Å². The van der Waals surface area contributed by atoms with E-state index in [2.05, 4.69) is 20.7 Å². The number of amides is 1. The standard InChI is InChI=1S/C13H17N5OS/c1-8(2)11-3-9(4-12(17-11)18-14)13(19)15-5-10-6-20-7-16-10/h3-4,6-8H,5,14H2,1-2H3,(H,15,19)(H,17,18). The average Bonchev–Trinajstić information content (AvgIpc) is 2.97. The van der Waals surface area contributed by atoms with Crippen LogP contribution >= 0.6 is 11.3 Å². The molecule has 20 heavy (non-hydrogen) atoms. The summed E-state index contributed by atoms with van der Waals surface area (Å²) in [6.07, 6.45) is 0. The summed E-state index contributed by atoms with van der Waals surface area (Å²) in [5.41, 5.74) is 6.42. The summed E-state index contributed by atoms with van der Waals surface area (Å²) in [6.45, 7) is 4.44. The smallest absolute Gasteiger partial charge is 0.251 e. The van der Waals surface area contributed by atoms with E-state index in [0.29, 0.717) is 17.9 Å². The fraction of sp³-hybridized carbons (Fsp3) is 0.308. The van der Waals surface area contributed by atoms with E-state index in [1.54, 1.807) is 17.6 Å². The molecule has 2 aromatic heterocycles. The second kappa shape index (κ2) is 6.44. The van der Waals surface area contributed by atoms with E-state index in [4.69, 9.17) is 5.84 Å². The molecule has 4 N–H and O–H groups in total. The summed E-state index contributed by atoms with van der Waals surface area (Å²) < 4.78 is 0. The molecule has 0 bridgehead atoms. The van der Waals surface area contributed by atoms with Crippen molar-refractivity contribution in [3.8, 4) is 0 Å². The number of nitrogens with two attached hydrogens (primary N) is 1. The lowest BCUT2D eigenvalue weighted by atomic mass is 10.1. The number of rotatable bonds is 5. The highest BCUT2D eigenvalue weighted by Gasteiger charge is 2.11. The van der Waals surface area contributed by atoms with E-state index >= 15 is 0 Å². The molecular formula is C13H17N5OS. The second-order valence-electron chi connectivity index (χ2n) is 4.63. The first-order valence-corrected chi connectivity index (χ1v) is 7.18. The van der Waals surface area contributed by atoms with E-state index in [9.17, 15) is 4.79 Å². The molecule has 2 rings (SSSR count). The molecule has 0 radical (unpaired) electrons. The number of nitrogens with zero attached hydrogens (tertiary/aromatic N) is 2. The number of hydrogen-bond donors (Lipinski definition) is 3. The van der Waals surface area contributed by atoms with Crippen LogP contribution in [0.15, 0.2) is 23.0 Å². The Morgan fingerprint density at radius 2 is 2.25 bits per heavy atom. The van der Waals surface area contributed by atoms with Gasteiger partial charge < -0.3 is 10.7 Å². The molecule has 7 heteroatoms. The largest absolute Gasteiger partial charge is 0.346 e. The minimum Gasteiger partial charge on any atom is -0.346 e. The maximum absolute atomic E-state index is 12.2. The third-order valence-electron chi connectivity index (χ3n) is 2.76. The summed E-state index contributed by atoms with van der Waals surface area (Å²) in [4.78, 5) is 20.6. The number of nitrogens with one attached hydrogen (secondary N) is 2. The molecular weight excluding hydrogens is 274 g/mol. The van der Waals surface area contributed by atoms with Gasteiger partial charge in [-0.15, -0.1) is 11.3 Å². The van der Waals surface area contributed by atoms with Crippen molar-refractivity contribution in [3.63, 3.8) is 0 Å². The molecule has 2 heterocycles. The Morgan fingerprint density at radius 1 is 1.45 bits per heavy atom. The molecule has 0 fully saturated rings. The zero-order valence-electron chi connectivity index (χ0n) is 11.4. The Bertz CT molecular complexity index is 582. The highest BCUT2D eigenvalue weighted by Crippen LogP contribution is 2.17. The Morgan fingerprint density at radius 3 is 2.85 bits per heavy atom. The van der Waals surface area contributed by atoms with Crippen LogP contribution in [0.5, 0.6) is 0 Å². The van der Waals surface area contributed by atoms with E-state index in [-0.39, 0.29) is 11.8 Å². The fourth-order valence-corrected chi connectivity index (χ4v) is 2.21. The van der Waals surface area contributed by atoms with Gasteiger partial charge in [-0.1, -0.05) is 13.8 Å². The number of thiazole rings is 1. The minimum atomic E-state index is -0.168. The lowest BCUT2D eigenvalue weighted by molar-refractivity contribution is 0.0950. The molecule has 1 amide bonds. The predicted octanol–water partition coefficient (Wildman–Crippen LogP) is 1.88. The number of pyridine rings is 1. The van der Waals surface area contributed by atoms with Gasteiger partial charge in [0.2, 0.25) is 0 Å². The Hall–Kier alpha value is -1.99. The van der Waals surface area contributed by atoms with E-state index in [1.165, 1.54) is 11.3 Å². The first kappa shape index (κ1) is 14.4. The van der Waals surface area contributed by atoms with Gasteiger partial charge in [-0.25, -0.2) is 15.8 Å². The molecule has 0 aliphatic rings. The summed E-state index contributed by atoms with van der Waals surface area (Å²) in [7, 11) is 0. The van der Waals surface area contributed by atoms with Crippen molar-refractivity contribution in [1.29, 1.82) is 0 Å². The lowest BCUT2D eigenvalue weighted by Crippen LogP contribution is -2.24. The van der Waals surface area contributed by atoms with Gasteiger partial charge in [-0.05, 0) is 18.1 Å². The van der Waals surface area contributed by atoms with Gasteiger partial charge in [-0.3, -0.25) is 4.79 Å². The van der Waals surface area contributed by atoms with Gasteiger partial charge in [0, 0.05) is 16.6 Å². The maximum Gasteiger partial charge on any atom is 0.251 e. The van der Waals surface area contributed by atoms with Crippen LogP contribution in [0.1, 0.15) is 41.5 Å². The van der Waals surface area contributed by atoms with Gasteiger partial charge in [0.15, 0.2) is 0 Å². The van der Waals surface area contributed by atoms with Crippen LogP contribution in [0.25, 0.3) is 0 Å². The summed E-state index contributed by atoms with van der Waals surface area (Å²) in [6, 6.07) is 3.41. The first-order chi connectivity index (χ1) is 9.60. The molecule has 2 aromatic rings. The predicted molar refractivity (Wildman–Crippen MR) is 79.4 cm³/mol. The van der Waals surface area contributed by atoms with Crippen LogP contribution in [0.3, 0.4) is 0 Å². The number of carbonyl (C=O) groups is 1. The molecule has 0 spiro atoms. The third kappa shape index (κ3) is 3.52. The first-order valence-electron chi connectivity index (χ1n) is 6.24. The van der Waals surface area contributed by atoms with Crippen molar-refractivity contribution < 1.29 is 4.79 Å². The Kier molecular flexibility index (Phi) is 4.65. The summed E-state index contributed by atoms with van der Waals surface area (Å²) >= 11 is 1.50. The van der Waals surface area contributed by atoms with E-state index in [1.807, 2.05) is 19.2 Å². The molecule has 0 saturated heterocycles. The van der Waals surface area contributed by atoms with Crippen LogP contribution in [0.2, 0.25) is 0 Å². The number of carbonyl (C=O) groups excluding carboxylic acids is 1. The van der Waals surface area contributed by atoms with Crippen molar-refractivity contribution in [2.45, 2.75) is 26.3 Å². The van der Waals surface area contributed by atoms with Crippen LogP contribution in [0, 0.1) is 0 Å². The summed E-state index contributed by atoms with van der Waals surface area (Å²) in [5.74, 6) is 5.92. The maximum atomic E-state index is 12.2. The van der Waals surface area contributed by atoms with Crippen molar-refractivity contribution >= 4 is 23.1 Å². The molecule has 0 saturated carbocycles. The number of hydrazine groups is 1. The molecule has 0 aromatic carbocycles. The van der Waals surface area contributed by atoms with Crippen molar-refractivity contribution in [2.24, 2.45) is 5.84 Å². The van der Waals surface area contributed by atoms with Crippen LogP contribution in [0.4, 0.5) is 5.82 Å². The van der Waals surface area contributed by atoms with Crippen LogP contribution in [-0.4, -0.2) is 15.9 Å². The molecule has 0 aliphatic carbocycles. The van der Waals surface area contributed by atoms with E-state index < -0.39 is 0 Å². The molecule has 0 atom stereocenters.